The largest absolute Gasteiger partial charge is 0.394 e. The van der Waals surface area contributed by atoms with Crippen LogP contribution >= 0.6 is 34.2 Å². The zero-order valence-corrected chi connectivity index (χ0v) is 11.3. The molecule has 84 valence electrons. The van der Waals surface area contributed by atoms with Crippen molar-refractivity contribution in [2.75, 3.05) is 6.61 Å². The molecule has 2 aromatic rings. The fourth-order valence-electron chi connectivity index (χ4n) is 1.52. The van der Waals surface area contributed by atoms with Crippen LogP contribution in [-0.4, -0.2) is 21.5 Å². The van der Waals surface area contributed by atoms with Gasteiger partial charge in [-0.25, -0.2) is 0 Å². The molecule has 0 aliphatic rings. The van der Waals surface area contributed by atoms with Gasteiger partial charge in [0.05, 0.1) is 28.6 Å². The Bertz CT molecular complexity index is 481. The van der Waals surface area contributed by atoms with Crippen LogP contribution in [0.1, 0.15) is 0 Å². The van der Waals surface area contributed by atoms with Crippen molar-refractivity contribution >= 4 is 34.2 Å². The Morgan fingerprint density at radius 1 is 1.31 bits per heavy atom. The lowest BCUT2D eigenvalue weighted by Gasteiger charge is -2.06. The van der Waals surface area contributed by atoms with E-state index in [2.05, 4.69) is 27.7 Å². The Balaban J connectivity index is 2.45. The van der Waals surface area contributed by atoms with Gasteiger partial charge in [-0.3, -0.25) is 4.68 Å². The number of aliphatic hydroxyl groups excluding tert-OH is 1. The van der Waals surface area contributed by atoms with Gasteiger partial charge in [-0.05, 0) is 34.7 Å². The molecule has 1 aromatic heterocycles. The van der Waals surface area contributed by atoms with Crippen LogP contribution < -0.4 is 0 Å². The molecule has 0 amide bonds. The highest BCUT2D eigenvalue weighted by Crippen LogP contribution is 2.26. The molecular formula is C11H10ClIN2O. The predicted molar refractivity (Wildman–Crippen MR) is 72.5 cm³/mol. The summed E-state index contributed by atoms with van der Waals surface area (Å²) in [6.45, 7) is 0.583. The van der Waals surface area contributed by atoms with Crippen molar-refractivity contribution in [1.82, 2.24) is 9.78 Å². The first-order valence-electron chi connectivity index (χ1n) is 4.80. The molecule has 0 spiro atoms. The van der Waals surface area contributed by atoms with Gasteiger partial charge in [-0.1, -0.05) is 23.7 Å². The summed E-state index contributed by atoms with van der Waals surface area (Å²) >= 11 is 8.08. The number of rotatable bonds is 3. The summed E-state index contributed by atoms with van der Waals surface area (Å²) in [5.74, 6) is 0. The minimum atomic E-state index is 0.0817. The number of aromatic nitrogens is 2. The molecule has 0 aliphatic heterocycles. The van der Waals surface area contributed by atoms with Crippen LogP contribution in [0.2, 0.25) is 5.02 Å². The lowest BCUT2D eigenvalue weighted by molar-refractivity contribution is 0.270. The van der Waals surface area contributed by atoms with Gasteiger partial charge in [0.25, 0.3) is 0 Å². The molecule has 0 atom stereocenters. The van der Waals surface area contributed by atoms with Crippen molar-refractivity contribution < 1.29 is 5.11 Å². The van der Waals surface area contributed by atoms with Crippen molar-refractivity contribution in [1.29, 1.82) is 0 Å². The first kappa shape index (κ1) is 11.9. The van der Waals surface area contributed by atoms with Crippen LogP contribution in [0.4, 0.5) is 0 Å². The lowest BCUT2D eigenvalue weighted by Crippen LogP contribution is -2.05. The number of halogens is 2. The van der Waals surface area contributed by atoms with E-state index in [-0.39, 0.29) is 6.61 Å². The summed E-state index contributed by atoms with van der Waals surface area (Å²) < 4.78 is 2.86. The second-order valence-corrected chi connectivity index (χ2v) is 4.89. The molecule has 2 rings (SSSR count). The summed E-state index contributed by atoms with van der Waals surface area (Å²) in [7, 11) is 0. The van der Waals surface area contributed by atoms with E-state index in [1.807, 2.05) is 24.3 Å². The highest BCUT2D eigenvalue weighted by atomic mass is 127. The third-order valence-electron chi connectivity index (χ3n) is 2.22. The highest BCUT2D eigenvalue weighted by Gasteiger charge is 2.10. The van der Waals surface area contributed by atoms with Crippen molar-refractivity contribution in [3.8, 4) is 11.3 Å². The summed E-state index contributed by atoms with van der Waals surface area (Å²) in [4.78, 5) is 0. The van der Waals surface area contributed by atoms with E-state index < -0.39 is 0 Å². The van der Waals surface area contributed by atoms with Crippen LogP contribution in [0.25, 0.3) is 11.3 Å². The molecule has 0 radical (unpaired) electrons. The smallest absolute Gasteiger partial charge is 0.0816 e. The summed E-state index contributed by atoms with van der Waals surface area (Å²) in [6.07, 6.45) is 1.79. The second kappa shape index (κ2) is 5.16. The van der Waals surface area contributed by atoms with Crippen LogP contribution in [-0.2, 0) is 6.54 Å². The second-order valence-electron chi connectivity index (χ2n) is 3.29. The van der Waals surface area contributed by atoms with Crippen molar-refractivity contribution in [3.63, 3.8) is 0 Å². The van der Waals surface area contributed by atoms with Gasteiger partial charge in [0.1, 0.15) is 0 Å². The maximum absolute atomic E-state index is 8.96. The quantitative estimate of drug-likeness (QED) is 0.866. The molecule has 0 bridgehead atoms. The molecule has 5 heteroatoms. The maximum Gasteiger partial charge on any atom is 0.0816 e. The van der Waals surface area contributed by atoms with Crippen LogP contribution in [0, 0.1) is 3.57 Å². The normalized spacial score (nSPS) is 10.7. The first-order valence-corrected chi connectivity index (χ1v) is 6.26. The Morgan fingerprint density at radius 2 is 2.00 bits per heavy atom. The van der Waals surface area contributed by atoms with Gasteiger partial charge < -0.3 is 5.11 Å². The first-order chi connectivity index (χ1) is 7.72. The van der Waals surface area contributed by atoms with Crippen LogP contribution in [0.3, 0.4) is 0 Å². The lowest BCUT2D eigenvalue weighted by atomic mass is 10.1. The summed E-state index contributed by atoms with van der Waals surface area (Å²) in [5, 5.41) is 13.9. The third-order valence-corrected chi connectivity index (χ3v) is 3.27. The van der Waals surface area contributed by atoms with Gasteiger partial charge in [-0.2, -0.15) is 5.10 Å². The molecule has 0 saturated heterocycles. The van der Waals surface area contributed by atoms with E-state index in [0.717, 1.165) is 14.8 Å². The van der Waals surface area contributed by atoms with E-state index in [4.69, 9.17) is 16.7 Å². The minimum absolute atomic E-state index is 0.0817. The van der Waals surface area contributed by atoms with Gasteiger partial charge in [0.15, 0.2) is 0 Å². The summed E-state index contributed by atoms with van der Waals surface area (Å²) in [6, 6.07) is 7.61. The maximum atomic E-state index is 8.96. The van der Waals surface area contributed by atoms with Gasteiger partial charge in [0, 0.05) is 10.6 Å². The summed E-state index contributed by atoms with van der Waals surface area (Å²) in [5.41, 5.74) is 2.08. The van der Waals surface area contributed by atoms with Gasteiger partial charge >= 0.3 is 0 Å². The van der Waals surface area contributed by atoms with E-state index in [1.54, 1.807) is 10.9 Å². The monoisotopic (exact) mass is 348 g/mol. The number of aliphatic hydroxyl groups is 1. The topological polar surface area (TPSA) is 38.0 Å². The van der Waals surface area contributed by atoms with E-state index in [1.165, 1.54) is 0 Å². The standard InChI is InChI=1S/C11H10ClIN2O/c12-9-3-1-8(2-4-9)11-10(13)7-14-15(11)5-6-16/h1-4,7,16H,5-6H2. The molecule has 16 heavy (non-hydrogen) atoms. The fourth-order valence-corrected chi connectivity index (χ4v) is 2.36. The zero-order valence-electron chi connectivity index (χ0n) is 8.40. The SMILES string of the molecule is OCCn1ncc(I)c1-c1ccc(Cl)cc1. The van der Waals surface area contributed by atoms with E-state index >= 15 is 0 Å². The average Bonchev–Trinajstić information content (AvgIpc) is 2.62. The molecule has 0 fully saturated rings. The van der Waals surface area contributed by atoms with Crippen LogP contribution in [0.15, 0.2) is 30.5 Å². The van der Waals surface area contributed by atoms with Gasteiger partial charge in [-0.15, -0.1) is 0 Å². The number of hydrogen-bond acceptors (Lipinski definition) is 2. The highest BCUT2D eigenvalue weighted by molar-refractivity contribution is 14.1. The zero-order chi connectivity index (χ0) is 11.5. The Labute approximate surface area is 112 Å². The number of benzene rings is 1. The Kier molecular flexibility index (Phi) is 3.83. The average molecular weight is 349 g/mol. The molecule has 0 unspecified atom stereocenters. The molecule has 0 saturated carbocycles. The van der Waals surface area contributed by atoms with Crippen molar-refractivity contribution in [2.24, 2.45) is 0 Å². The van der Waals surface area contributed by atoms with E-state index in [9.17, 15) is 0 Å². The number of nitrogens with zero attached hydrogens (tertiary/aromatic N) is 2. The van der Waals surface area contributed by atoms with Gasteiger partial charge in [0.2, 0.25) is 0 Å². The number of hydrogen-bond donors (Lipinski definition) is 1. The molecular weight excluding hydrogens is 338 g/mol. The third kappa shape index (κ3) is 2.39. The molecule has 0 aliphatic carbocycles. The Morgan fingerprint density at radius 3 is 2.62 bits per heavy atom. The molecule has 1 heterocycles. The van der Waals surface area contributed by atoms with Crippen molar-refractivity contribution in [2.45, 2.75) is 6.54 Å². The molecule has 1 aromatic carbocycles. The minimum Gasteiger partial charge on any atom is -0.394 e. The van der Waals surface area contributed by atoms with E-state index in [0.29, 0.717) is 11.6 Å². The fraction of sp³-hybridized carbons (Fsp3) is 0.182. The van der Waals surface area contributed by atoms with Crippen molar-refractivity contribution in [3.05, 3.63) is 39.1 Å². The predicted octanol–water partition coefficient (Wildman–Crippen LogP) is 2.80. The Hall–Kier alpha value is -0.590. The molecule has 3 nitrogen and oxygen atoms in total. The van der Waals surface area contributed by atoms with Crippen LogP contribution in [0.5, 0.6) is 0 Å². The molecule has 1 N–H and O–H groups in total.